The van der Waals surface area contributed by atoms with Gasteiger partial charge in [-0.25, -0.2) is 4.98 Å². The minimum absolute atomic E-state index is 0.952. The van der Waals surface area contributed by atoms with E-state index in [-0.39, 0.29) is 0 Å². The molecule has 0 saturated carbocycles. The van der Waals surface area contributed by atoms with E-state index < -0.39 is 0 Å². The van der Waals surface area contributed by atoms with Crippen molar-refractivity contribution in [3.63, 3.8) is 0 Å². The van der Waals surface area contributed by atoms with Crippen LogP contribution < -0.4 is 4.90 Å². The highest BCUT2D eigenvalue weighted by atomic mass is 15.3. The number of nitrogens with zero attached hydrogens (tertiary/aromatic N) is 3. The average molecular weight is 263 g/mol. The van der Waals surface area contributed by atoms with Crippen LogP contribution >= 0.6 is 0 Å². The Morgan fingerprint density at radius 2 is 1.70 bits per heavy atom. The van der Waals surface area contributed by atoms with Gasteiger partial charge in [-0.1, -0.05) is 36.4 Å². The molecule has 3 nitrogen and oxygen atoms in total. The van der Waals surface area contributed by atoms with E-state index in [1.807, 2.05) is 6.07 Å². The van der Waals surface area contributed by atoms with Crippen molar-refractivity contribution in [1.82, 2.24) is 9.55 Å². The molecular formula is C17H17N3. The molecule has 2 heterocycles. The van der Waals surface area contributed by atoms with Gasteiger partial charge >= 0.3 is 0 Å². The molecule has 100 valence electrons. The van der Waals surface area contributed by atoms with Crippen LogP contribution in [0.15, 0.2) is 48.5 Å². The number of anilines is 1. The van der Waals surface area contributed by atoms with Gasteiger partial charge in [-0.15, -0.1) is 0 Å². The summed E-state index contributed by atoms with van der Waals surface area (Å²) < 4.78 is 2.20. The molecule has 1 aliphatic rings. The number of hydrogen-bond acceptors (Lipinski definition) is 2. The zero-order valence-corrected chi connectivity index (χ0v) is 11.6. The summed E-state index contributed by atoms with van der Waals surface area (Å²) in [5, 5.41) is 0. The predicted molar refractivity (Wildman–Crippen MR) is 81.9 cm³/mol. The van der Waals surface area contributed by atoms with Gasteiger partial charge in [-0.2, -0.15) is 0 Å². The zero-order valence-electron chi connectivity index (χ0n) is 11.6. The van der Waals surface area contributed by atoms with Crippen molar-refractivity contribution in [2.24, 2.45) is 7.05 Å². The molecule has 0 amide bonds. The Morgan fingerprint density at radius 3 is 2.55 bits per heavy atom. The standard InChI is InChI=1S/C17H17N3/c1-19-16-9-5-4-8-15(16)18-17(19)20-11-10-13-6-2-3-7-14(13)12-20/h2-9H,10-12H2,1H3. The number of para-hydroxylation sites is 2. The highest BCUT2D eigenvalue weighted by Gasteiger charge is 2.20. The first-order valence-electron chi connectivity index (χ1n) is 7.06. The Kier molecular flexibility index (Phi) is 2.52. The van der Waals surface area contributed by atoms with E-state index in [0.717, 1.165) is 31.0 Å². The molecule has 0 bridgehead atoms. The largest absolute Gasteiger partial charge is 0.338 e. The quantitative estimate of drug-likeness (QED) is 0.672. The third-order valence-corrected chi connectivity index (χ3v) is 4.18. The first kappa shape index (κ1) is 11.5. The van der Waals surface area contributed by atoms with Crippen LogP contribution in [0, 0.1) is 0 Å². The van der Waals surface area contributed by atoms with E-state index in [9.17, 15) is 0 Å². The molecule has 0 saturated heterocycles. The Labute approximate surface area is 118 Å². The summed E-state index contributed by atoms with van der Waals surface area (Å²) in [5.74, 6) is 1.07. The Morgan fingerprint density at radius 1 is 0.950 bits per heavy atom. The highest BCUT2D eigenvalue weighted by Crippen LogP contribution is 2.26. The van der Waals surface area contributed by atoms with Crippen LogP contribution in [-0.2, 0) is 20.0 Å². The molecule has 0 spiro atoms. The second kappa shape index (κ2) is 4.37. The van der Waals surface area contributed by atoms with Crippen LogP contribution in [0.4, 0.5) is 5.95 Å². The zero-order chi connectivity index (χ0) is 13.5. The second-order valence-corrected chi connectivity index (χ2v) is 5.40. The van der Waals surface area contributed by atoms with E-state index in [1.165, 1.54) is 16.6 Å². The molecule has 4 rings (SSSR count). The molecule has 0 atom stereocenters. The Bertz CT molecular complexity index is 773. The van der Waals surface area contributed by atoms with Gasteiger partial charge < -0.3 is 9.47 Å². The molecule has 3 heteroatoms. The smallest absolute Gasteiger partial charge is 0.206 e. The fraction of sp³-hybridized carbons (Fsp3) is 0.235. The van der Waals surface area contributed by atoms with E-state index in [4.69, 9.17) is 4.98 Å². The summed E-state index contributed by atoms with van der Waals surface area (Å²) in [6.07, 6.45) is 1.10. The third kappa shape index (κ3) is 1.70. The molecule has 0 N–H and O–H groups in total. The molecule has 1 aliphatic heterocycles. The predicted octanol–water partition coefficient (Wildman–Crippen LogP) is 3.14. The lowest BCUT2D eigenvalue weighted by atomic mass is 10.0. The number of fused-ring (bicyclic) bond motifs is 2. The van der Waals surface area contributed by atoms with Crippen LogP contribution in [0.5, 0.6) is 0 Å². The molecule has 0 radical (unpaired) electrons. The van der Waals surface area contributed by atoms with Crippen LogP contribution in [0.1, 0.15) is 11.1 Å². The number of hydrogen-bond donors (Lipinski definition) is 0. The van der Waals surface area contributed by atoms with E-state index in [2.05, 4.69) is 59.0 Å². The number of aryl methyl sites for hydroxylation is 1. The summed E-state index contributed by atoms with van der Waals surface area (Å²) in [6.45, 7) is 1.99. The number of aromatic nitrogens is 2. The van der Waals surface area contributed by atoms with Gasteiger partial charge in [0.1, 0.15) is 0 Å². The molecule has 2 aromatic carbocycles. The minimum atomic E-state index is 0.952. The van der Waals surface area contributed by atoms with Gasteiger partial charge in [0.25, 0.3) is 0 Å². The van der Waals surface area contributed by atoms with Gasteiger partial charge in [0.15, 0.2) is 0 Å². The van der Waals surface area contributed by atoms with Gasteiger partial charge in [-0.3, -0.25) is 0 Å². The van der Waals surface area contributed by atoms with Gasteiger partial charge in [0.05, 0.1) is 11.0 Å². The summed E-state index contributed by atoms with van der Waals surface area (Å²) in [5.41, 5.74) is 5.17. The summed E-state index contributed by atoms with van der Waals surface area (Å²) in [4.78, 5) is 7.18. The maximum Gasteiger partial charge on any atom is 0.206 e. The number of benzene rings is 2. The average Bonchev–Trinajstić information content (AvgIpc) is 2.84. The lowest BCUT2D eigenvalue weighted by Gasteiger charge is -2.29. The minimum Gasteiger partial charge on any atom is -0.338 e. The van der Waals surface area contributed by atoms with E-state index >= 15 is 0 Å². The Hall–Kier alpha value is -2.29. The monoisotopic (exact) mass is 263 g/mol. The van der Waals surface area contributed by atoms with E-state index in [0.29, 0.717) is 0 Å². The van der Waals surface area contributed by atoms with Crippen molar-refractivity contribution in [2.75, 3.05) is 11.4 Å². The van der Waals surface area contributed by atoms with Crippen LogP contribution in [0.2, 0.25) is 0 Å². The number of rotatable bonds is 1. The fourth-order valence-electron chi connectivity index (χ4n) is 3.08. The molecule has 3 aromatic rings. The van der Waals surface area contributed by atoms with E-state index in [1.54, 1.807) is 0 Å². The second-order valence-electron chi connectivity index (χ2n) is 5.40. The summed E-state index contributed by atoms with van der Waals surface area (Å²) >= 11 is 0. The number of imidazole rings is 1. The molecular weight excluding hydrogens is 246 g/mol. The van der Waals surface area contributed by atoms with Crippen molar-refractivity contribution in [3.8, 4) is 0 Å². The van der Waals surface area contributed by atoms with Gasteiger partial charge in [-0.05, 0) is 29.7 Å². The normalized spacial score (nSPS) is 14.6. The SMILES string of the molecule is Cn1c(N2CCc3ccccc3C2)nc2ccccc21. The van der Waals surface area contributed by atoms with Crippen molar-refractivity contribution in [2.45, 2.75) is 13.0 Å². The van der Waals surface area contributed by atoms with Crippen LogP contribution in [0.25, 0.3) is 11.0 Å². The van der Waals surface area contributed by atoms with Gasteiger partial charge in [0, 0.05) is 20.1 Å². The lowest BCUT2D eigenvalue weighted by Crippen LogP contribution is -2.32. The Balaban J connectivity index is 1.76. The topological polar surface area (TPSA) is 21.1 Å². The maximum atomic E-state index is 4.80. The molecule has 0 unspecified atom stereocenters. The lowest BCUT2D eigenvalue weighted by molar-refractivity contribution is 0.692. The highest BCUT2D eigenvalue weighted by molar-refractivity contribution is 5.78. The summed E-state index contributed by atoms with van der Waals surface area (Å²) in [7, 11) is 2.10. The van der Waals surface area contributed by atoms with Crippen molar-refractivity contribution >= 4 is 17.0 Å². The van der Waals surface area contributed by atoms with Crippen LogP contribution in [-0.4, -0.2) is 16.1 Å². The molecule has 0 fully saturated rings. The maximum absolute atomic E-state index is 4.80. The molecule has 20 heavy (non-hydrogen) atoms. The van der Waals surface area contributed by atoms with Crippen molar-refractivity contribution in [1.29, 1.82) is 0 Å². The molecule has 1 aromatic heterocycles. The first-order chi connectivity index (χ1) is 9.83. The third-order valence-electron chi connectivity index (χ3n) is 4.18. The molecule has 0 aliphatic carbocycles. The van der Waals surface area contributed by atoms with Crippen molar-refractivity contribution in [3.05, 3.63) is 59.7 Å². The van der Waals surface area contributed by atoms with Crippen LogP contribution in [0.3, 0.4) is 0 Å². The first-order valence-corrected chi connectivity index (χ1v) is 7.06. The summed E-state index contributed by atoms with van der Waals surface area (Å²) in [6, 6.07) is 17.0. The van der Waals surface area contributed by atoms with Gasteiger partial charge in [0.2, 0.25) is 5.95 Å². The van der Waals surface area contributed by atoms with Crippen molar-refractivity contribution < 1.29 is 0 Å². The fourth-order valence-corrected chi connectivity index (χ4v) is 3.08.